The van der Waals surface area contributed by atoms with Crippen molar-refractivity contribution in [2.75, 3.05) is 44.7 Å². The number of carboxylic acid groups (broad SMARTS) is 1. The van der Waals surface area contributed by atoms with Gasteiger partial charge in [0.1, 0.15) is 5.75 Å². The first kappa shape index (κ1) is 22.3. The molecule has 1 aliphatic rings. The van der Waals surface area contributed by atoms with E-state index in [4.69, 9.17) is 9.72 Å². The molecule has 6 nitrogen and oxygen atoms in total. The molecule has 0 unspecified atom stereocenters. The Morgan fingerprint density at radius 3 is 2.69 bits per heavy atom. The van der Waals surface area contributed by atoms with Gasteiger partial charge in [0, 0.05) is 37.5 Å². The fraction of sp³-hybridized carbons (Fsp3) is 0.360. The van der Waals surface area contributed by atoms with Gasteiger partial charge in [-0.25, -0.2) is 4.98 Å². The average molecular weight is 452 g/mol. The Balaban J connectivity index is 1.39. The van der Waals surface area contributed by atoms with Gasteiger partial charge in [0.05, 0.1) is 18.7 Å². The lowest BCUT2D eigenvalue weighted by atomic mass is 9.97. The van der Waals surface area contributed by atoms with E-state index in [1.165, 1.54) is 4.88 Å². The number of carbonyl (C=O) groups is 1. The number of anilines is 1. The number of likely N-dealkylation sites (N-methyl/N-ethyl adjacent to an activating group) is 1. The maximum Gasteiger partial charge on any atom is 0.307 e. The van der Waals surface area contributed by atoms with Crippen LogP contribution in [0.25, 0.3) is 11.1 Å². The van der Waals surface area contributed by atoms with Crippen molar-refractivity contribution in [3.05, 3.63) is 64.7 Å². The van der Waals surface area contributed by atoms with Gasteiger partial charge in [-0.05, 0) is 42.8 Å². The lowest BCUT2D eigenvalue weighted by Crippen LogP contribution is -2.44. The first-order chi connectivity index (χ1) is 15.5. The van der Waals surface area contributed by atoms with Gasteiger partial charge in [0.2, 0.25) is 0 Å². The third kappa shape index (κ3) is 5.47. The number of benzene rings is 2. The van der Waals surface area contributed by atoms with E-state index in [0.29, 0.717) is 6.61 Å². The summed E-state index contributed by atoms with van der Waals surface area (Å²) in [4.78, 5) is 22.1. The Morgan fingerprint density at radius 2 is 1.91 bits per heavy atom. The van der Waals surface area contributed by atoms with Crippen LogP contribution in [-0.4, -0.2) is 60.8 Å². The molecule has 0 saturated carbocycles. The molecule has 1 fully saturated rings. The van der Waals surface area contributed by atoms with Crippen LogP contribution in [0.3, 0.4) is 0 Å². The average Bonchev–Trinajstić information content (AvgIpc) is 3.15. The number of aromatic nitrogens is 1. The minimum Gasteiger partial charge on any atom is -0.493 e. The fourth-order valence-corrected chi connectivity index (χ4v) is 4.92. The zero-order chi connectivity index (χ0) is 22.5. The smallest absolute Gasteiger partial charge is 0.307 e. The zero-order valence-corrected chi connectivity index (χ0v) is 19.4. The van der Waals surface area contributed by atoms with Gasteiger partial charge in [-0.2, -0.15) is 0 Å². The number of thiazole rings is 1. The van der Waals surface area contributed by atoms with Crippen LogP contribution in [0.5, 0.6) is 5.75 Å². The van der Waals surface area contributed by atoms with E-state index in [0.717, 1.165) is 65.9 Å². The number of rotatable bonds is 8. The molecule has 0 radical (unpaired) electrons. The normalized spacial score (nSPS) is 14.5. The number of aryl methyl sites for hydroxylation is 1. The van der Waals surface area contributed by atoms with Crippen LogP contribution < -0.4 is 9.64 Å². The maximum absolute atomic E-state index is 11.2. The topological polar surface area (TPSA) is 65.9 Å². The largest absolute Gasteiger partial charge is 0.493 e. The number of ether oxygens (including phenoxy) is 1. The maximum atomic E-state index is 11.2. The summed E-state index contributed by atoms with van der Waals surface area (Å²) in [6, 6.07) is 15.5. The number of nitrogens with zero attached hydrogens (tertiary/aromatic N) is 3. The SMILES string of the molecule is Cc1sc(N2CCN(C)CC2)nc1CCOc1cccc(-c2ccccc2CC(=O)O)c1. The predicted molar refractivity (Wildman–Crippen MR) is 129 cm³/mol. The number of hydrogen-bond acceptors (Lipinski definition) is 6. The Labute approximate surface area is 193 Å². The van der Waals surface area contributed by atoms with Crippen molar-refractivity contribution in [2.45, 2.75) is 19.8 Å². The second-order valence-electron chi connectivity index (χ2n) is 8.14. The molecule has 0 atom stereocenters. The number of carboxylic acids is 1. The summed E-state index contributed by atoms with van der Waals surface area (Å²) >= 11 is 1.77. The third-order valence-electron chi connectivity index (χ3n) is 5.77. The van der Waals surface area contributed by atoms with Crippen LogP contribution in [0.1, 0.15) is 16.1 Å². The lowest BCUT2D eigenvalue weighted by molar-refractivity contribution is -0.136. The summed E-state index contributed by atoms with van der Waals surface area (Å²) in [6.07, 6.45) is 0.760. The Bertz CT molecular complexity index is 1070. The van der Waals surface area contributed by atoms with Gasteiger partial charge in [-0.15, -0.1) is 11.3 Å². The van der Waals surface area contributed by atoms with E-state index in [1.807, 2.05) is 48.5 Å². The molecule has 0 aliphatic carbocycles. The molecule has 7 heteroatoms. The molecule has 2 aromatic carbocycles. The number of hydrogen-bond donors (Lipinski definition) is 1. The van der Waals surface area contributed by atoms with Crippen molar-refractivity contribution in [3.63, 3.8) is 0 Å². The van der Waals surface area contributed by atoms with Crippen LogP contribution in [-0.2, 0) is 17.6 Å². The van der Waals surface area contributed by atoms with Crippen LogP contribution in [0, 0.1) is 6.92 Å². The summed E-state index contributed by atoms with van der Waals surface area (Å²) in [6.45, 7) is 6.87. The van der Waals surface area contributed by atoms with E-state index in [1.54, 1.807) is 11.3 Å². The van der Waals surface area contributed by atoms with Crippen LogP contribution in [0.2, 0.25) is 0 Å². The van der Waals surface area contributed by atoms with Gasteiger partial charge in [-0.3, -0.25) is 4.79 Å². The third-order valence-corrected chi connectivity index (χ3v) is 6.84. The molecule has 1 saturated heterocycles. The summed E-state index contributed by atoms with van der Waals surface area (Å²) in [5.41, 5.74) is 3.78. The molecule has 0 bridgehead atoms. The monoisotopic (exact) mass is 451 g/mol. The molecule has 2 heterocycles. The van der Waals surface area contributed by atoms with Crippen molar-refractivity contribution in [1.82, 2.24) is 9.88 Å². The molecule has 1 N–H and O–H groups in total. The van der Waals surface area contributed by atoms with E-state index >= 15 is 0 Å². The molecule has 1 aromatic heterocycles. The summed E-state index contributed by atoms with van der Waals surface area (Å²) in [5, 5.41) is 10.3. The number of aliphatic carboxylic acids is 1. The quantitative estimate of drug-likeness (QED) is 0.556. The lowest BCUT2D eigenvalue weighted by Gasteiger charge is -2.32. The summed E-state index contributed by atoms with van der Waals surface area (Å²) < 4.78 is 6.04. The van der Waals surface area contributed by atoms with Gasteiger partial charge >= 0.3 is 5.97 Å². The van der Waals surface area contributed by atoms with Crippen molar-refractivity contribution in [3.8, 4) is 16.9 Å². The van der Waals surface area contributed by atoms with Crippen LogP contribution in [0.4, 0.5) is 5.13 Å². The fourth-order valence-electron chi connectivity index (χ4n) is 3.92. The highest BCUT2D eigenvalue weighted by atomic mass is 32.1. The highest BCUT2D eigenvalue weighted by molar-refractivity contribution is 7.15. The van der Waals surface area contributed by atoms with Gasteiger partial charge < -0.3 is 19.6 Å². The summed E-state index contributed by atoms with van der Waals surface area (Å²) in [7, 11) is 2.16. The van der Waals surface area contributed by atoms with Crippen molar-refractivity contribution in [1.29, 1.82) is 0 Å². The van der Waals surface area contributed by atoms with E-state index in [2.05, 4.69) is 23.8 Å². The Hall–Kier alpha value is -2.90. The van der Waals surface area contributed by atoms with Crippen molar-refractivity contribution in [2.24, 2.45) is 0 Å². The second kappa shape index (κ2) is 10.1. The van der Waals surface area contributed by atoms with E-state index in [-0.39, 0.29) is 6.42 Å². The molecular formula is C25H29N3O3S. The van der Waals surface area contributed by atoms with Gasteiger partial charge in [-0.1, -0.05) is 36.4 Å². The predicted octanol–water partition coefficient (Wildman–Crippen LogP) is 4.12. The second-order valence-corrected chi connectivity index (χ2v) is 9.33. The van der Waals surface area contributed by atoms with Gasteiger partial charge in [0.15, 0.2) is 5.13 Å². The summed E-state index contributed by atoms with van der Waals surface area (Å²) in [5.74, 6) is -0.0563. The standard InChI is InChI=1S/C25H29N3O3S/c1-18-23(26-25(32-18)28-13-11-27(2)12-14-28)10-15-31-21-8-5-7-19(16-21)22-9-4-3-6-20(22)17-24(29)30/h3-9,16H,10-15,17H2,1-2H3,(H,29,30). The molecule has 0 amide bonds. The molecular weight excluding hydrogens is 422 g/mol. The first-order valence-electron chi connectivity index (χ1n) is 10.9. The molecule has 168 valence electrons. The van der Waals surface area contributed by atoms with E-state index in [9.17, 15) is 9.90 Å². The molecule has 1 aliphatic heterocycles. The van der Waals surface area contributed by atoms with Crippen LogP contribution >= 0.6 is 11.3 Å². The van der Waals surface area contributed by atoms with Crippen molar-refractivity contribution >= 4 is 22.4 Å². The Kier molecular flexibility index (Phi) is 7.07. The minimum atomic E-state index is -0.834. The zero-order valence-electron chi connectivity index (χ0n) is 18.6. The Morgan fingerprint density at radius 1 is 1.12 bits per heavy atom. The van der Waals surface area contributed by atoms with Crippen LogP contribution in [0.15, 0.2) is 48.5 Å². The van der Waals surface area contributed by atoms with E-state index < -0.39 is 5.97 Å². The number of piperazine rings is 1. The first-order valence-corrected chi connectivity index (χ1v) is 11.7. The van der Waals surface area contributed by atoms with Crippen molar-refractivity contribution < 1.29 is 14.6 Å². The minimum absolute atomic E-state index is 0.00000114. The molecule has 4 rings (SSSR count). The van der Waals surface area contributed by atoms with Gasteiger partial charge in [0.25, 0.3) is 0 Å². The molecule has 0 spiro atoms. The molecule has 32 heavy (non-hydrogen) atoms. The molecule has 3 aromatic rings. The highest BCUT2D eigenvalue weighted by Crippen LogP contribution is 2.29. The highest BCUT2D eigenvalue weighted by Gasteiger charge is 2.18.